The van der Waals surface area contributed by atoms with Crippen molar-refractivity contribution in [3.8, 4) is 6.07 Å². The SMILES string of the molecule is N#Cc1ccc(Nc2cccc(F)c2F)c(F)c1F. The van der Waals surface area contributed by atoms with Gasteiger partial charge < -0.3 is 5.32 Å². The molecule has 0 amide bonds. The van der Waals surface area contributed by atoms with Crippen LogP contribution in [0.1, 0.15) is 5.56 Å². The van der Waals surface area contributed by atoms with Crippen molar-refractivity contribution < 1.29 is 17.6 Å². The highest BCUT2D eigenvalue weighted by Crippen LogP contribution is 2.26. The molecule has 0 aliphatic carbocycles. The Labute approximate surface area is 105 Å². The van der Waals surface area contributed by atoms with Crippen molar-refractivity contribution in [3.05, 3.63) is 59.2 Å². The summed E-state index contributed by atoms with van der Waals surface area (Å²) in [6, 6.07) is 6.88. The Hall–Kier alpha value is -2.55. The van der Waals surface area contributed by atoms with Crippen LogP contribution in [0.4, 0.5) is 28.9 Å². The van der Waals surface area contributed by atoms with Gasteiger partial charge in [-0.15, -0.1) is 0 Å². The number of nitrogens with one attached hydrogen (secondary N) is 1. The molecule has 2 rings (SSSR count). The smallest absolute Gasteiger partial charge is 0.183 e. The molecule has 2 aromatic rings. The quantitative estimate of drug-likeness (QED) is 0.838. The predicted molar refractivity (Wildman–Crippen MR) is 60.7 cm³/mol. The Morgan fingerprint density at radius 2 is 1.53 bits per heavy atom. The van der Waals surface area contributed by atoms with E-state index in [1.165, 1.54) is 18.2 Å². The van der Waals surface area contributed by atoms with E-state index >= 15 is 0 Å². The third kappa shape index (κ3) is 2.36. The zero-order valence-electron chi connectivity index (χ0n) is 9.35. The molecule has 0 bridgehead atoms. The Kier molecular flexibility index (Phi) is 3.38. The van der Waals surface area contributed by atoms with Gasteiger partial charge >= 0.3 is 0 Å². The summed E-state index contributed by atoms with van der Waals surface area (Å²) in [5, 5.41) is 10.8. The molecule has 19 heavy (non-hydrogen) atoms. The number of nitrogens with zero attached hydrogens (tertiary/aromatic N) is 1. The molecule has 0 aliphatic heterocycles. The van der Waals surface area contributed by atoms with Crippen LogP contribution in [0.5, 0.6) is 0 Å². The molecule has 0 fully saturated rings. The highest BCUT2D eigenvalue weighted by molar-refractivity contribution is 5.62. The Morgan fingerprint density at radius 3 is 2.21 bits per heavy atom. The van der Waals surface area contributed by atoms with Gasteiger partial charge in [0.2, 0.25) is 0 Å². The number of hydrogen-bond acceptors (Lipinski definition) is 2. The van der Waals surface area contributed by atoms with Gasteiger partial charge in [0, 0.05) is 0 Å². The first kappa shape index (κ1) is 12.9. The zero-order valence-corrected chi connectivity index (χ0v) is 9.35. The fourth-order valence-corrected chi connectivity index (χ4v) is 1.48. The molecule has 0 saturated carbocycles. The first-order valence-electron chi connectivity index (χ1n) is 5.13. The minimum absolute atomic E-state index is 0.331. The van der Waals surface area contributed by atoms with Gasteiger partial charge in [0.1, 0.15) is 6.07 Å². The van der Waals surface area contributed by atoms with Crippen LogP contribution in [-0.4, -0.2) is 0 Å². The first-order valence-corrected chi connectivity index (χ1v) is 5.13. The summed E-state index contributed by atoms with van der Waals surface area (Å²) < 4.78 is 53.2. The summed E-state index contributed by atoms with van der Waals surface area (Å²) in [5.41, 5.74) is -1.19. The minimum Gasteiger partial charge on any atom is -0.351 e. The van der Waals surface area contributed by atoms with Crippen LogP contribution in [0.15, 0.2) is 30.3 Å². The fourth-order valence-electron chi connectivity index (χ4n) is 1.48. The predicted octanol–water partition coefficient (Wildman–Crippen LogP) is 3.86. The van der Waals surface area contributed by atoms with Gasteiger partial charge in [-0.2, -0.15) is 5.26 Å². The average Bonchev–Trinajstić information content (AvgIpc) is 2.40. The Bertz CT molecular complexity index is 677. The maximum absolute atomic E-state index is 13.6. The van der Waals surface area contributed by atoms with Crippen LogP contribution in [0.2, 0.25) is 0 Å². The molecule has 6 heteroatoms. The maximum Gasteiger partial charge on any atom is 0.183 e. The van der Waals surface area contributed by atoms with E-state index in [4.69, 9.17) is 5.26 Å². The monoisotopic (exact) mass is 266 g/mol. The van der Waals surface area contributed by atoms with Crippen LogP contribution >= 0.6 is 0 Å². The number of benzene rings is 2. The third-order valence-corrected chi connectivity index (χ3v) is 2.42. The van der Waals surface area contributed by atoms with E-state index in [9.17, 15) is 17.6 Å². The van der Waals surface area contributed by atoms with Gasteiger partial charge in [0.15, 0.2) is 23.3 Å². The molecule has 0 spiro atoms. The van der Waals surface area contributed by atoms with Gasteiger partial charge in [-0.1, -0.05) is 6.07 Å². The van der Waals surface area contributed by atoms with Gasteiger partial charge in [0.25, 0.3) is 0 Å². The number of anilines is 2. The summed E-state index contributed by atoms with van der Waals surface area (Å²) in [6.45, 7) is 0. The van der Waals surface area contributed by atoms with Gasteiger partial charge in [0.05, 0.1) is 16.9 Å². The second-order valence-electron chi connectivity index (χ2n) is 3.63. The van der Waals surface area contributed by atoms with Crippen molar-refractivity contribution in [1.82, 2.24) is 0 Å². The summed E-state index contributed by atoms with van der Waals surface area (Å²) >= 11 is 0. The molecule has 0 saturated heterocycles. The molecule has 0 heterocycles. The normalized spacial score (nSPS) is 10.1. The lowest BCUT2D eigenvalue weighted by Crippen LogP contribution is -2.01. The summed E-state index contributed by atoms with van der Waals surface area (Å²) in [6.07, 6.45) is 0. The van der Waals surface area contributed by atoms with Crippen molar-refractivity contribution in [3.63, 3.8) is 0 Å². The van der Waals surface area contributed by atoms with Gasteiger partial charge in [-0.3, -0.25) is 0 Å². The van der Waals surface area contributed by atoms with E-state index in [0.29, 0.717) is 0 Å². The molecular weight excluding hydrogens is 260 g/mol. The van der Waals surface area contributed by atoms with Crippen LogP contribution in [0.3, 0.4) is 0 Å². The van der Waals surface area contributed by atoms with Crippen LogP contribution in [0, 0.1) is 34.6 Å². The molecule has 2 aromatic carbocycles. The lowest BCUT2D eigenvalue weighted by atomic mass is 10.2. The van der Waals surface area contributed by atoms with Gasteiger partial charge in [-0.05, 0) is 24.3 Å². The Morgan fingerprint density at radius 1 is 0.842 bits per heavy atom. The minimum atomic E-state index is -1.34. The maximum atomic E-state index is 13.6. The molecule has 0 atom stereocenters. The third-order valence-electron chi connectivity index (χ3n) is 2.42. The van der Waals surface area contributed by atoms with Crippen molar-refractivity contribution >= 4 is 11.4 Å². The van der Waals surface area contributed by atoms with Crippen molar-refractivity contribution in [1.29, 1.82) is 5.26 Å². The number of hydrogen-bond donors (Lipinski definition) is 1. The van der Waals surface area contributed by atoms with Crippen LogP contribution in [0.25, 0.3) is 0 Å². The van der Waals surface area contributed by atoms with E-state index in [1.54, 1.807) is 0 Å². The molecule has 0 aliphatic rings. The van der Waals surface area contributed by atoms with E-state index in [-0.39, 0.29) is 11.4 Å². The topological polar surface area (TPSA) is 35.8 Å². The number of rotatable bonds is 2. The molecule has 0 radical (unpaired) electrons. The highest BCUT2D eigenvalue weighted by atomic mass is 19.2. The van der Waals surface area contributed by atoms with E-state index in [2.05, 4.69) is 5.32 Å². The molecule has 1 N–H and O–H groups in total. The number of halogens is 4. The summed E-state index contributed by atoms with van der Waals surface area (Å²) in [7, 11) is 0. The average molecular weight is 266 g/mol. The highest BCUT2D eigenvalue weighted by Gasteiger charge is 2.15. The lowest BCUT2D eigenvalue weighted by molar-refractivity contribution is 0.506. The standard InChI is InChI=1S/C13H6F4N2/c14-8-2-1-3-9(12(8)16)19-10-5-4-7(6-18)11(15)13(10)17/h1-5,19H. The molecule has 2 nitrogen and oxygen atoms in total. The van der Waals surface area contributed by atoms with E-state index < -0.39 is 28.8 Å². The van der Waals surface area contributed by atoms with E-state index in [0.717, 1.165) is 18.2 Å². The number of nitriles is 1. The zero-order chi connectivity index (χ0) is 14.0. The molecule has 0 aromatic heterocycles. The Balaban J connectivity index is 2.43. The largest absolute Gasteiger partial charge is 0.351 e. The van der Waals surface area contributed by atoms with Gasteiger partial charge in [-0.25, -0.2) is 17.6 Å². The van der Waals surface area contributed by atoms with Crippen LogP contribution in [-0.2, 0) is 0 Å². The van der Waals surface area contributed by atoms with Crippen molar-refractivity contribution in [2.24, 2.45) is 0 Å². The van der Waals surface area contributed by atoms with Crippen molar-refractivity contribution in [2.75, 3.05) is 5.32 Å². The lowest BCUT2D eigenvalue weighted by Gasteiger charge is -2.09. The van der Waals surface area contributed by atoms with E-state index in [1.807, 2.05) is 0 Å². The second kappa shape index (κ2) is 4.98. The van der Waals surface area contributed by atoms with Crippen molar-refractivity contribution in [2.45, 2.75) is 0 Å². The summed E-state index contributed by atoms with van der Waals surface area (Å²) in [5.74, 6) is -4.99. The fraction of sp³-hybridized carbons (Fsp3) is 0. The second-order valence-corrected chi connectivity index (χ2v) is 3.63. The first-order chi connectivity index (χ1) is 9.04. The van der Waals surface area contributed by atoms with Crippen LogP contribution < -0.4 is 5.32 Å². The molecule has 96 valence electrons. The molecular formula is C13H6F4N2. The molecule has 0 unspecified atom stereocenters. The summed E-state index contributed by atoms with van der Waals surface area (Å²) in [4.78, 5) is 0.